The zero-order valence-electron chi connectivity index (χ0n) is 6.44. The van der Waals surface area contributed by atoms with Gasteiger partial charge in [-0.15, -0.1) is 0 Å². The van der Waals surface area contributed by atoms with Gasteiger partial charge in [-0.1, -0.05) is 0 Å². The van der Waals surface area contributed by atoms with Crippen molar-refractivity contribution in [3.05, 3.63) is 0 Å². The van der Waals surface area contributed by atoms with Crippen molar-refractivity contribution in [3.63, 3.8) is 0 Å². The molecule has 0 amide bonds. The van der Waals surface area contributed by atoms with Gasteiger partial charge in [0.05, 0.1) is 0 Å². The first-order chi connectivity index (χ1) is 5.25. The first-order valence-electron chi connectivity index (χ1n) is 3.03. The third-order valence-corrected chi connectivity index (χ3v) is 0.991. The molecule has 6 heteroatoms. The van der Waals surface area contributed by atoms with Gasteiger partial charge in [-0.2, -0.15) is 13.2 Å². The molecule has 1 atom stereocenters. The molecule has 0 aromatic heterocycles. The predicted octanol–water partition coefficient (Wildman–Crippen LogP) is 1.07. The van der Waals surface area contributed by atoms with E-state index in [9.17, 15) is 22.8 Å². The highest BCUT2D eigenvalue weighted by molar-refractivity contribution is 5.89. The van der Waals surface area contributed by atoms with Crippen LogP contribution in [0.25, 0.3) is 0 Å². The first kappa shape index (κ1) is 10.9. The lowest BCUT2D eigenvalue weighted by molar-refractivity contribution is -0.184. The molecule has 1 unspecified atom stereocenters. The average molecular weight is 184 g/mol. The van der Waals surface area contributed by atoms with E-state index < -0.39 is 24.0 Å². The van der Waals surface area contributed by atoms with E-state index in [1.54, 1.807) is 0 Å². The fraction of sp³-hybridized carbons (Fsp3) is 0.667. The Labute approximate surface area is 66.5 Å². The molecule has 0 N–H and O–H groups in total. The van der Waals surface area contributed by atoms with Gasteiger partial charge in [-0.3, -0.25) is 9.59 Å². The van der Waals surface area contributed by atoms with Gasteiger partial charge in [-0.25, -0.2) is 0 Å². The van der Waals surface area contributed by atoms with Crippen molar-refractivity contribution in [2.45, 2.75) is 26.1 Å². The molecule has 0 radical (unpaired) electrons. The standard InChI is InChI=1S/C6H7F3O3/c1-3(12-4(2)10)5(11)6(7,8)9/h3H,1-2H3. The van der Waals surface area contributed by atoms with Crippen LogP contribution in [0.2, 0.25) is 0 Å². The van der Waals surface area contributed by atoms with Gasteiger partial charge in [0.25, 0.3) is 5.78 Å². The maximum Gasteiger partial charge on any atom is 0.453 e. The Balaban J connectivity index is 4.21. The van der Waals surface area contributed by atoms with Gasteiger partial charge in [0.2, 0.25) is 0 Å². The van der Waals surface area contributed by atoms with E-state index in [1.807, 2.05) is 0 Å². The van der Waals surface area contributed by atoms with Crippen LogP contribution in [-0.2, 0) is 14.3 Å². The molecule has 0 bridgehead atoms. The number of alkyl halides is 3. The van der Waals surface area contributed by atoms with Crippen LogP contribution in [0.4, 0.5) is 13.2 Å². The normalized spacial score (nSPS) is 13.8. The smallest absolute Gasteiger partial charge is 0.453 e. The molecular weight excluding hydrogens is 177 g/mol. The van der Waals surface area contributed by atoms with Crippen molar-refractivity contribution in [1.29, 1.82) is 0 Å². The number of ketones is 1. The third kappa shape index (κ3) is 3.36. The average Bonchev–Trinajstić information content (AvgIpc) is 1.82. The predicted molar refractivity (Wildman–Crippen MR) is 32.3 cm³/mol. The maximum atomic E-state index is 11.6. The Kier molecular flexibility index (Phi) is 3.24. The highest BCUT2D eigenvalue weighted by atomic mass is 19.4. The lowest BCUT2D eigenvalue weighted by Crippen LogP contribution is -2.35. The summed E-state index contributed by atoms with van der Waals surface area (Å²) in [7, 11) is 0. The molecule has 0 aliphatic carbocycles. The van der Waals surface area contributed by atoms with Gasteiger partial charge in [-0.05, 0) is 6.92 Å². The van der Waals surface area contributed by atoms with Crippen LogP contribution in [-0.4, -0.2) is 24.0 Å². The van der Waals surface area contributed by atoms with Crippen LogP contribution in [0.15, 0.2) is 0 Å². The molecule has 12 heavy (non-hydrogen) atoms. The minimum Gasteiger partial charge on any atom is -0.454 e. The fourth-order valence-corrected chi connectivity index (χ4v) is 0.533. The third-order valence-electron chi connectivity index (χ3n) is 0.991. The number of hydrogen-bond donors (Lipinski definition) is 0. The summed E-state index contributed by atoms with van der Waals surface area (Å²) in [5.74, 6) is -2.97. The summed E-state index contributed by atoms with van der Waals surface area (Å²) in [5.41, 5.74) is 0. The molecule has 0 saturated carbocycles. The molecule has 0 rings (SSSR count). The number of carbonyl (C=O) groups is 2. The summed E-state index contributed by atoms with van der Waals surface area (Å²) in [4.78, 5) is 20.4. The molecule has 0 fully saturated rings. The lowest BCUT2D eigenvalue weighted by atomic mass is 10.2. The van der Waals surface area contributed by atoms with Crippen LogP contribution < -0.4 is 0 Å². The van der Waals surface area contributed by atoms with Crippen LogP contribution >= 0.6 is 0 Å². The van der Waals surface area contributed by atoms with E-state index >= 15 is 0 Å². The monoisotopic (exact) mass is 184 g/mol. The summed E-state index contributed by atoms with van der Waals surface area (Å²) in [6, 6.07) is 0. The molecule has 0 aliphatic heterocycles. The number of Topliss-reactive ketones (excluding diaryl/α,β-unsaturated/α-hetero) is 1. The van der Waals surface area contributed by atoms with Crippen molar-refractivity contribution >= 4 is 11.8 Å². The van der Waals surface area contributed by atoms with Crippen molar-refractivity contribution in [2.75, 3.05) is 0 Å². The van der Waals surface area contributed by atoms with Gasteiger partial charge < -0.3 is 4.74 Å². The number of esters is 1. The van der Waals surface area contributed by atoms with Gasteiger partial charge in [0, 0.05) is 6.92 Å². The quantitative estimate of drug-likeness (QED) is 0.603. The molecule has 3 nitrogen and oxygen atoms in total. The van der Waals surface area contributed by atoms with E-state index in [0.717, 1.165) is 13.8 Å². The zero-order valence-corrected chi connectivity index (χ0v) is 6.44. The summed E-state index contributed by atoms with van der Waals surface area (Å²) in [5, 5.41) is 0. The summed E-state index contributed by atoms with van der Waals surface area (Å²) in [6.45, 7) is 1.80. The van der Waals surface area contributed by atoms with Crippen LogP contribution in [0.3, 0.4) is 0 Å². The van der Waals surface area contributed by atoms with Gasteiger partial charge in [0.15, 0.2) is 6.10 Å². The lowest BCUT2D eigenvalue weighted by Gasteiger charge is -2.11. The molecule has 0 heterocycles. The second-order valence-electron chi connectivity index (χ2n) is 2.11. The van der Waals surface area contributed by atoms with Crippen molar-refractivity contribution in [3.8, 4) is 0 Å². The van der Waals surface area contributed by atoms with Gasteiger partial charge in [0.1, 0.15) is 0 Å². The maximum absolute atomic E-state index is 11.6. The minimum absolute atomic E-state index is 0.872. The Morgan fingerprint density at radius 1 is 1.33 bits per heavy atom. The number of carbonyl (C=O) groups excluding carboxylic acids is 2. The molecule has 0 aromatic rings. The summed E-state index contributed by atoms with van der Waals surface area (Å²) >= 11 is 0. The SMILES string of the molecule is CC(=O)OC(C)C(=O)C(F)(F)F. The second-order valence-corrected chi connectivity index (χ2v) is 2.11. The van der Waals surface area contributed by atoms with E-state index in [1.165, 1.54) is 0 Å². The Bertz CT molecular complexity index is 197. The minimum atomic E-state index is -4.95. The van der Waals surface area contributed by atoms with Crippen LogP contribution in [0, 0.1) is 0 Å². The zero-order chi connectivity index (χ0) is 9.94. The van der Waals surface area contributed by atoms with E-state index in [2.05, 4.69) is 4.74 Å². The Morgan fingerprint density at radius 3 is 2.00 bits per heavy atom. The van der Waals surface area contributed by atoms with Crippen LogP contribution in [0.5, 0.6) is 0 Å². The van der Waals surface area contributed by atoms with E-state index in [4.69, 9.17) is 0 Å². The Hall–Kier alpha value is -1.07. The molecule has 0 saturated heterocycles. The highest BCUT2D eigenvalue weighted by Gasteiger charge is 2.42. The van der Waals surface area contributed by atoms with Crippen LogP contribution in [0.1, 0.15) is 13.8 Å². The van der Waals surface area contributed by atoms with E-state index in [-0.39, 0.29) is 0 Å². The number of rotatable bonds is 2. The fourth-order valence-electron chi connectivity index (χ4n) is 0.533. The Morgan fingerprint density at radius 2 is 1.75 bits per heavy atom. The molecular formula is C6H7F3O3. The number of ether oxygens (including phenoxy) is 1. The van der Waals surface area contributed by atoms with Crippen molar-refractivity contribution in [2.24, 2.45) is 0 Å². The highest BCUT2D eigenvalue weighted by Crippen LogP contribution is 2.18. The molecule has 0 spiro atoms. The molecule has 70 valence electrons. The first-order valence-corrected chi connectivity index (χ1v) is 3.03. The van der Waals surface area contributed by atoms with Crippen molar-refractivity contribution < 1.29 is 27.5 Å². The molecule has 0 aliphatic rings. The summed E-state index contributed by atoms with van der Waals surface area (Å²) < 4.78 is 38.9. The second kappa shape index (κ2) is 3.55. The van der Waals surface area contributed by atoms with Gasteiger partial charge >= 0.3 is 12.1 Å². The van der Waals surface area contributed by atoms with E-state index in [0.29, 0.717) is 0 Å². The molecule has 0 aromatic carbocycles. The van der Waals surface area contributed by atoms with Crippen molar-refractivity contribution in [1.82, 2.24) is 0 Å². The largest absolute Gasteiger partial charge is 0.454 e. The number of hydrogen-bond acceptors (Lipinski definition) is 3. The topological polar surface area (TPSA) is 43.4 Å². The summed E-state index contributed by atoms with van der Waals surface area (Å²) in [6.07, 6.45) is -6.71. The number of halogens is 3.